The normalized spacial score (nSPS) is 33.2. The standard InChI is InChI=1S/C6H10FP3/c7-4-1-3(8)2-5(9)6(4)10/h1-2,5-6H,8-10H2/t5-,6?/m1/s1. The molecule has 0 aromatic carbocycles. The molecule has 4 unspecified atom stereocenters. The van der Waals surface area contributed by atoms with Crippen molar-refractivity contribution in [2.75, 3.05) is 0 Å². The lowest BCUT2D eigenvalue weighted by atomic mass is 10.1. The topological polar surface area (TPSA) is 0 Å². The van der Waals surface area contributed by atoms with Crippen molar-refractivity contribution in [3.8, 4) is 0 Å². The van der Waals surface area contributed by atoms with E-state index in [-0.39, 0.29) is 17.1 Å². The molecule has 56 valence electrons. The molecule has 0 radical (unpaired) electrons. The molecule has 0 aliphatic heterocycles. The Hall–Kier alpha value is 0.700. The number of rotatable bonds is 0. The van der Waals surface area contributed by atoms with Gasteiger partial charge >= 0.3 is 0 Å². The summed E-state index contributed by atoms with van der Waals surface area (Å²) in [6.45, 7) is 0. The van der Waals surface area contributed by atoms with Gasteiger partial charge in [0.25, 0.3) is 0 Å². The number of hydrogen-bond acceptors (Lipinski definition) is 0. The second kappa shape index (κ2) is 3.40. The van der Waals surface area contributed by atoms with Crippen molar-refractivity contribution in [2.45, 2.75) is 11.3 Å². The van der Waals surface area contributed by atoms with Gasteiger partial charge in [0.2, 0.25) is 0 Å². The average Bonchev–Trinajstić information content (AvgIpc) is 1.82. The zero-order valence-corrected chi connectivity index (χ0v) is 8.88. The van der Waals surface area contributed by atoms with Gasteiger partial charge in [-0.05, 0) is 11.4 Å². The molecule has 0 saturated carbocycles. The third-order valence-electron chi connectivity index (χ3n) is 1.42. The summed E-state index contributed by atoms with van der Waals surface area (Å²) in [7, 11) is 7.58. The Kier molecular flexibility index (Phi) is 2.99. The van der Waals surface area contributed by atoms with Crippen molar-refractivity contribution in [2.24, 2.45) is 0 Å². The first-order valence-corrected chi connectivity index (χ1v) is 4.88. The summed E-state index contributed by atoms with van der Waals surface area (Å²) in [4.78, 5) is 0. The predicted molar refractivity (Wildman–Crippen MR) is 54.0 cm³/mol. The van der Waals surface area contributed by atoms with Crippen LogP contribution in [0.2, 0.25) is 0 Å². The van der Waals surface area contributed by atoms with Crippen molar-refractivity contribution < 1.29 is 4.39 Å². The fourth-order valence-electron chi connectivity index (χ4n) is 0.813. The van der Waals surface area contributed by atoms with E-state index >= 15 is 0 Å². The lowest BCUT2D eigenvalue weighted by Gasteiger charge is -2.19. The molecular formula is C6H10FP3. The molecule has 0 aromatic rings. The van der Waals surface area contributed by atoms with Gasteiger partial charge < -0.3 is 0 Å². The van der Waals surface area contributed by atoms with Crippen LogP contribution in [0.1, 0.15) is 0 Å². The SMILES string of the molecule is FC1=CC(P)=C[C@@H](P)C1P. The first kappa shape index (κ1) is 8.79. The second-order valence-corrected chi connectivity index (χ2v) is 4.45. The van der Waals surface area contributed by atoms with Crippen LogP contribution in [0.5, 0.6) is 0 Å². The maximum absolute atomic E-state index is 12.9. The summed E-state index contributed by atoms with van der Waals surface area (Å²) in [6, 6.07) is 0. The van der Waals surface area contributed by atoms with Gasteiger partial charge in [-0.15, -0.1) is 27.7 Å². The third kappa shape index (κ3) is 1.85. The Balaban J connectivity index is 2.85. The van der Waals surface area contributed by atoms with Gasteiger partial charge in [0, 0.05) is 11.3 Å². The van der Waals surface area contributed by atoms with Gasteiger partial charge in [-0.25, -0.2) is 4.39 Å². The summed E-state index contributed by atoms with van der Waals surface area (Å²) in [6.07, 6.45) is 3.55. The molecule has 0 bridgehead atoms. The van der Waals surface area contributed by atoms with Gasteiger partial charge in [-0.2, -0.15) is 0 Å². The van der Waals surface area contributed by atoms with Crippen molar-refractivity contribution in [3.05, 3.63) is 23.3 Å². The fourth-order valence-corrected chi connectivity index (χ4v) is 2.03. The van der Waals surface area contributed by atoms with E-state index < -0.39 is 0 Å². The average molecular weight is 194 g/mol. The molecule has 0 spiro atoms. The molecule has 0 fully saturated rings. The molecular weight excluding hydrogens is 184 g/mol. The first-order valence-electron chi connectivity index (χ1n) is 2.97. The highest BCUT2D eigenvalue weighted by Gasteiger charge is 2.18. The zero-order chi connectivity index (χ0) is 7.72. The summed E-state index contributed by atoms with van der Waals surface area (Å²) in [5, 5.41) is 0.927. The molecule has 0 nitrogen and oxygen atoms in total. The quantitative estimate of drug-likeness (QED) is 0.518. The maximum atomic E-state index is 12.9. The van der Waals surface area contributed by atoms with E-state index in [1.54, 1.807) is 6.08 Å². The van der Waals surface area contributed by atoms with Crippen molar-refractivity contribution in [3.63, 3.8) is 0 Å². The van der Waals surface area contributed by atoms with Gasteiger partial charge in [0.05, 0.1) is 0 Å². The lowest BCUT2D eigenvalue weighted by Crippen LogP contribution is -2.14. The van der Waals surface area contributed by atoms with Gasteiger partial charge in [0.1, 0.15) is 5.83 Å². The second-order valence-electron chi connectivity index (χ2n) is 2.30. The van der Waals surface area contributed by atoms with Crippen molar-refractivity contribution >= 4 is 27.7 Å². The van der Waals surface area contributed by atoms with Crippen LogP contribution in [-0.2, 0) is 0 Å². The molecule has 0 saturated heterocycles. The minimum atomic E-state index is -0.0608. The van der Waals surface area contributed by atoms with E-state index in [4.69, 9.17) is 0 Å². The Bertz CT molecular complexity index is 197. The Morgan fingerprint density at radius 3 is 2.50 bits per heavy atom. The summed E-state index contributed by atoms with van der Waals surface area (Å²) in [5.41, 5.74) is 0.150. The number of hydrogen-bond donors (Lipinski definition) is 0. The minimum absolute atomic E-state index is 0.0579. The van der Waals surface area contributed by atoms with E-state index in [9.17, 15) is 4.39 Å². The van der Waals surface area contributed by atoms with Crippen molar-refractivity contribution in [1.82, 2.24) is 0 Å². The van der Waals surface area contributed by atoms with E-state index in [2.05, 4.69) is 27.7 Å². The van der Waals surface area contributed by atoms with Crippen LogP contribution < -0.4 is 0 Å². The first-order chi connectivity index (χ1) is 4.61. The van der Waals surface area contributed by atoms with Crippen LogP contribution in [0.4, 0.5) is 4.39 Å². The smallest absolute Gasteiger partial charge is 0.108 e. The van der Waals surface area contributed by atoms with Crippen LogP contribution >= 0.6 is 27.7 Å². The van der Waals surface area contributed by atoms with Crippen LogP contribution in [0, 0.1) is 0 Å². The number of halogens is 1. The van der Waals surface area contributed by atoms with E-state index in [1.165, 1.54) is 0 Å². The van der Waals surface area contributed by atoms with Crippen LogP contribution in [0.25, 0.3) is 0 Å². The predicted octanol–water partition coefficient (Wildman–Crippen LogP) is 2.10. The van der Waals surface area contributed by atoms with Crippen LogP contribution in [0.15, 0.2) is 23.3 Å². The Morgan fingerprint density at radius 1 is 1.40 bits per heavy atom. The maximum Gasteiger partial charge on any atom is 0.108 e. The highest BCUT2D eigenvalue weighted by molar-refractivity contribution is 7.25. The van der Waals surface area contributed by atoms with E-state index in [0.717, 1.165) is 5.31 Å². The molecule has 0 heterocycles. The summed E-state index contributed by atoms with van der Waals surface area (Å²) >= 11 is 0. The largest absolute Gasteiger partial charge is 0.211 e. The Labute approximate surface area is 67.3 Å². The van der Waals surface area contributed by atoms with Crippen LogP contribution in [0.3, 0.4) is 0 Å². The molecule has 5 atom stereocenters. The molecule has 4 heteroatoms. The summed E-state index contributed by atoms with van der Waals surface area (Å²) in [5.74, 6) is -0.0579. The molecule has 1 aliphatic rings. The monoisotopic (exact) mass is 194 g/mol. The molecule has 0 aromatic heterocycles. The zero-order valence-electron chi connectivity index (χ0n) is 5.42. The van der Waals surface area contributed by atoms with E-state index in [0.29, 0.717) is 0 Å². The highest BCUT2D eigenvalue weighted by atomic mass is 31.0. The van der Waals surface area contributed by atoms with Gasteiger partial charge in [0.15, 0.2) is 0 Å². The Morgan fingerprint density at radius 2 is 2.00 bits per heavy atom. The molecule has 0 amide bonds. The highest BCUT2D eigenvalue weighted by Crippen LogP contribution is 2.32. The molecule has 10 heavy (non-hydrogen) atoms. The molecule has 1 rings (SSSR count). The van der Waals surface area contributed by atoms with Gasteiger partial charge in [-0.3, -0.25) is 0 Å². The molecule has 1 aliphatic carbocycles. The third-order valence-corrected chi connectivity index (χ3v) is 3.60. The summed E-state index contributed by atoms with van der Waals surface area (Å²) < 4.78 is 12.9. The van der Waals surface area contributed by atoms with E-state index in [1.807, 2.05) is 6.08 Å². The van der Waals surface area contributed by atoms with Crippen molar-refractivity contribution in [1.29, 1.82) is 0 Å². The minimum Gasteiger partial charge on any atom is -0.211 e. The fraction of sp³-hybridized carbons (Fsp3) is 0.333. The van der Waals surface area contributed by atoms with Crippen LogP contribution in [-0.4, -0.2) is 11.3 Å². The van der Waals surface area contributed by atoms with Gasteiger partial charge in [-0.1, -0.05) is 6.08 Å². The lowest BCUT2D eigenvalue weighted by molar-refractivity contribution is 0.597. The molecule has 0 N–H and O–H groups in total. The number of allylic oxidation sites excluding steroid dienone is 4.